The Morgan fingerprint density at radius 2 is 2.00 bits per heavy atom. The van der Waals surface area contributed by atoms with Gasteiger partial charge in [0.2, 0.25) is 0 Å². The first kappa shape index (κ1) is 12.7. The number of carbonyl (C=O) groups is 1. The summed E-state index contributed by atoms with van der Waals surface area (Å²) in [7, 11) is 0. The summed E-state index contributed by atoms with van der Waals surface area (Å²) in [5.74, 6) is 0.938. The molecule has 6 nitrogen and oxygen atoms in total. The highest BCUT2D eigenvalue weighted by molar-refractivity contribution is 5.89. The maximum absolute atomic E-state index is 10.8. The van der Waals surface area contributed by atoms with Gasteiger partial charge in [0.25, 0.3) is 0 Å². The highest BCUT2D eigenvalue weighted by Gasteiger charge is 2.23. The van der Waals surface area contributed by atoms with Gasteiger partial charge in [-0.2, -0.15) is 0 Å². The number of rotatable bonds is 2. The van der Waals surface area contributed by atoms with Crippen LogP contribution in [0.5, 0.6) is 0 Å². The lowest BCUT2D eigenvalue weighted by Crippen LogP contribution is -2.39. The summed E-state index contributed by atoms with van der Waals surface area (Å²) in [6.45, 7) is 1.58. The molecule has 20 heavy (non-hydrogen) atoms. The van der Waals surface area contributed by atoms with Crippen molar-refractivity contribution < 1.29 is 9.53 Å². The number of carbonyl (C=O) groups excluding carboxylic acids is 1. The fourth-order valence-electron chi connectivity index (χ4n) is 2.59. The zero-order valence-electron chi connectivity index (χ0n) is 11.0. The van der Waals surface area contributed by atoms with E-state index in [-0.39, 0.29) is 6.10 Å². The summed E-state index contributed by atoms with van der Waals surface area (Å²) in [4.78, 5) is 21.6. The molecule has 2 N–H and O–H groups in total. The fourth-order valence-corrected chi connectivity index (χ4v) is 2.59. The molecule has 0 spiro atoms. The van der Waals surface area contributed by atoms with E-state index in [1.54, 1.807) is 6.33 Å². The minimum atomic E-state index is -0.698. The number of hydrogen-bond donors (Lipinski definition) is 1. The number of ether oxygens (including phenoxy) is 1. The minimum absolute atomic E-state index is 0.0862. The zero-order chi connectivity index (χ0) is 13.9. The first-order valence-corrected chi connectivity index (χ1v) is 6.65. The second-order valence-electron chi connectivity index (χ2n) is 4.84. The third-order valence-corrected chi connectivity index (χ3v) is 3.55. The van der Waals surface area contributed by atoms with E-state index in [1.165, 1.54) is 0 Å². The van der Waals surface area contributed by atoms with Crippen LogP contribution in [0.15, 0.2) is 30.6 Å². The predicted octanol–water partition coefficient (Wildman–Crippen LogP) is 1.69. The van der Waals surface area contributed by atoms with Crippen molar-refractivity contribution >= 4 is 22.8 Å². The van der Waals surface area contributed by atoms with Crippen LogP contribution in [0.2, 0.25) is 0 Å². The molecule has 0 bridgehead atoms. The number of benzene rings is 1. The van der Waals surface area contributed by atoms with E-state index < -0.39 is 6.09 Å². The van der Waals surface area contributed by atoms with Gasteiger partial charge in [-0.05, 0) is 12.1 Å². The average molecular weight is 272 g/mol. The van der Waals surface area contributed by atoms with Crippen LogP contribution < -0.4 is 10.6 Å². The van der Waals surface area contributed by atoms with Gasteiger partial charge >= 0.3 is 6.09 Å². The van der Waals surface area contributed by atoms with Gasteiger partial charge in [-0.3, -0.25) is 0 Å². The molecule has 1 amide bonds. The molecule has 1 aliphatic rings. The van der Waals surface area contributed by atoms with E-state index in [9.17, 15) is 4.79 Å². The number of amides is 1. The number of piperidine rings is 1. The van der Waals surface area contributed by atoms with Crippen molar-refractivity contribution in [1.29, 1.82) is 0 Å². The molecule has 1 fully saturated rings. The predicted molar refractivity (Wildman–Crippen MR) is 75.4 cm³/mol. The first-order valence-electron chi connectivity index (χ1n) is 6.65. The summed E-state index contributed by atoms with van der Waals surface area (Å²) in [6.07, 6.45) is 2.33. The molecule has 2 aromatic rings. The quantitative estimate of drug-likeness (QED) is 0.899. The van der Waals surface area contributed by atoms with Crippen LogP contribution in [-0.2, 0) is 4.74 Å². The monoisotopic (exact) mass is 272 g/mol. The van der Waals surface area contributed by atoms with E-state index in [0.29, 0.717) is 0 Å². The number of primary amides is 1. The summed E-state index contributed by atoms with van der Waals surface area (Å²) in [6, 6.07) is 7.95. The molecule has 1 saturated heterocycles. The molecule has 1 aromatic heterocycles. The Balaban J connectivity index is 1.78. The van der Waals surface area contributed by atoms with Gasteiger partial charge < -0.3 is 15.4 Å². The Bertz CT molecular complexity index is 618. The number of para-hydroxylation sites is 1. The van der Waals surface area contributed by atoms with Crippen molar-refractivity contribution in [2.24, 2.45) is 5.73 Å². The number of nitrogens with zero attached hydrogens (tertiary/aromatic N) is 3. The second kappa shape index (κ2) is 5.32. The van der Waals surface area contributed by atoms with Crippen LogP contribution in [0.3, 0.4) is 0 Å². The van der Waals surface area contributed by atoms with Gasteiger partial charge in [-0.25, -0.2) is 14.8 Å². The molecule has 0 atom stereocenters. The molecule has 1 aliphatic heterocycles. The molecule has 3 rings (SSSR count). The molecular weight excluding hydrogens is 256 g/mol. The van der Waals surface area contributed by atoms with Gasteiger partial charge in [0.1, 0.15) is 18.2 Å². The Labute approximate surface area is 116 Å². The second-order valence-corrected chi connectivity index (χ2v) is 4.84. The summed E-state index contributed by atoms with van der Waals surface area (Å²) < 4.78 is 5.04. The maximum atomic E-state index is 10.8. The molecule has 0 aliphatic carbocycles. The summed E-state index contributed by atoms with van der Waals surface area (Å²) in [5.41, 5.74) is 5.99. The lowest BCUT2D eigenvalue weighted by atomic mass is 10.1. The Hall–Kier alpha value is -2.37. The number of hydrogen-bond acceptors (Lipinski definition) is 5. The van der Waals surface area contributed by atoms with E-state index in [2.05, 4.69) is 14.9 Å². The fraction of sp³-hybridized carbons (Fsp3) is 0.357. The van der Waals surface area contributed by atoms with Gasteiger partial charge in [-0.15, -0.1) is 0 Å². The maximum Gasteiger partial charge on any atom is 0.404 e. The Morgan fingerprint density at radius 1 is 1.25 bits per heavy atom. The van der Waals surface area contributed by atoms with Crippen LogP contribution in [0.25, 0.3) is 10.9 Å². The number of nitrogens with two attached hydrogens (primary N) is 1. The van der Waals surface area contributed by atoms with Crippen molar-refractivity contribution in [3.05, 3.63) is 30.6 Å². The first-order chi connectivity index (χ1) is 9.74. The van der Waals surface area contributed by atoms with Gasteiger partial charge in [0.05, 0.1) is 5.52 Å². The van der Waals surface area contributed by atoms with Crippen LogP contribution in [0.4, 0.5) is 10.6 Å². The zero-order valence-corrected chi connectivity index (χ0v) is 11.0. The van der Waals surface area contributed by atoms with Gasteiger partial charge in [0, 0.05) is 31.3 Å². The summed E-state index contributed by atoms with van der Waals surface area (Å²) >= 11 is 0. The van der Waals surface area contributed by atoms with Crippen LogP contribution in [0.1, 0.15) is 12.8 Å². The average Bonchev–Trinajstić information content (AvgIpc) is 2.47. The van der Waals surface area contributed by atoms with Crippen molar-refractivity contribution in [2.45, 2.75) is 18.9 Å². The third kappa shape index (κ3) is 2.49. The van der Waals surface area contributed by atoms with Crippen LogP contribution in [-0.4, -0.2) is 35.3 Å². The Morgan fingerprint density at radius 3 is 2.75 bits per heavy atom. The molecule has 2 heterocycles. The molecule has 0 saturated carbocycles. The van der Waals surface area contributed by atoms with Crippen molar-refractivity contribution in [3.63, 3.8) is 0 Å². The minimum Gasteiger partial charge on any atom is -0.446 e. The standard InChI is InChI=1S/C14H16N4O2/c15-14(19)20-10-5-7-18(8-6-10)13-11-3-1-2-4-12(11)16-9-17-13/h1-4,9-10H,5-8H2,(H2,15,19). The lowest BCUT2D eigenvalue weighted by molar-refractivity contribution is 0.0912. The van der Waals surface area contributed by atoms with Gasteiger partial charge in [-0.1, -0.05) is 12.1 Å². The number of fused-ring (bicyclic) bond motifs is 1. The molecule has 104 valence electrons. The smallest absolute Gasteiger partial charge is 0.404 e. The highest BCUT2D eigenvalue weighted by atomic mass is 16.6. The third-order valence-electron chi connectivity index (χ3n) is 3.55. The lowest BCUT2D eigenvalue weighted by Gasteiger charge is -2.32. The van der Waals surface area contributed by atoms with Crippen LogP contribution >= 0.6 is 0 Å². The van der Waals surface area contributed by atoms with E-state index in [1.807, 2.05) is 24.3 Å². The largest absolute Gasteiger partial charge is 0.446 e. The molecule has 6 heteroatoms. The van der Waals surface area contributed by atoms with Crippen molar-refractivity contribution in [2.75, 3.05) is 18.0 Å². The number of anilines is 1. The topological polar surface area (TPSA) is 81.3 Å². The number of aromatic nitrogens is 2. The van der Waals surface area contributed by atoms with E-state index in [4.69, 9.17) is 10.5 Å². The normalized spacial score (nSPS) is 16.3. The van der Waals surface area contributed by atoms with Crippen LogP contribution in [0, 0.1) is 0 Å². The molecule has 0 radical (unpaired) electrons. The SMILES string of the molecule is NC(=O)OC1CCN(c2ncnc3ccccc23)CC1. The van der Waals surface area contributed by atoms with Crippen molar-refractivity contribution in [3.8, 4) is 0 Å². The molecular formula is C14H16N4O2. The van der Waals surface area contributed by atoms with Crippen molar-refractivity contribution in [1.82, 2.24) is 9.97 Å². The van der Waals surface area contributed by atoms with Gasteiger partial charge in [0.15, 0.2) is 0 Å². The molecule has 1 aromatic carbocycles. The highest BCUT2D eigenvalue weighted by Crippen LogP contribution is 2.25. The summed E-state index contributed by atoms with van der Waals surface area (Å²) in [5, 5.41) is 1.05. The Kier molecular flexibility index (Phi) is 3.37. The molecule has 0 unspecified atom stereocenters. The van der Waals surface area contributed by atoms with E-state index in [0.717, 1.165) is 42.7 Å². The van der Waals surface area contributed by atoms with E-state index >= 15 is 0 Å².